The predicted octanol–water partition coefficient (Wildman–Crippen LogP) is 1.55. The topological polar surface area (TPSA) is 47.9 Å². The minimum Gasteiger partial charge on any atom is -0.464 e. The normalized spacial score (nSPS) is 18.8. The van der Waals surface area contributed by atoms with Crippen LogP contribution in [0, 0.1) is 0 Å². The zero-order valence-electron chi connectivity index (χ0n) is 9.05. The monoisotopic (exact) mass is 219 g/mol. The molecule has 1 atom stereocenters. The molecule has 1 aromatic carbocycles. The summed E-state index contributed by atoms with van der Waals surface area (Å²) >= 11 is 0. The largest absolute Gasteiger partial charge is 0.464 e. The maximum Gasteiger partial charge on any atom is 0.355 e. The summed E-state index contributed by atoms with van der Waals surface area (Å²) in [4.78, 5) is 16.4. The van der Waals surface area contributed by atoms with Crippen molar-refractivity contribution in [2.45, 2.75) is 18.9 Å². The summed E-state index contributed by atoms with van der Waals surface area (Å²) in [5, 5.41) is 3.73. The number of benzene rings is 1. The van der Waals surface area contributed by atoms with Crippen LogP contribution in [0.15, 0.2) is 35.5 Å². The van der Waals surface area contributed by atoms with Crippen molar-refractivity contribution < 1.29 is 14.4 Å². The van der Waals surface area contributed by atoms with Crippen LogP contribution in [0.1, 0.15) is 12.0 Å². The molecule has 0 aliphatic carbocycles. The summed E-state index contributed by atoms with van der Waals surface area (Å²) in [5.41, 5.74) is 1.54. The molecule has 1 aromatic rings. The van der Waals surface area contributed by atoms with Crippen LogP contribution in [0.25, 0.3) is 0 Å². The number of esters is 1. The van der Waals surface area contributed by atoms with Gasteiger partial charge in [-0.1, -0.05) is 35.5 Å². The van der Waals surface area contributed by atoms with Crippen LogP contribution in [0.3, 0.4) is 0 Å². The SMILES string of the molecule is COC(=O)C1=NOC(Cc2ccccc2)C1. The summed E-state index contributed by atoms with van der Waals surface area (Å²) in [6.45, 7) is 0. The van der Waals surface area contributed by atoms with Crippen molar-refractivity contribution in [2.75, 3.05) is 7.11 Å². The summed E-state index contributed by atoms with van der Waals surface area (Å²) in [6.07, 6.45) is 1.21. The number of hydrogen-bond acceptors (Lipinski definition) is 4. The molecule has 1 aliphatic rings. The van der Waals surface area contributed by atoms with Crippen LogP contribution < -0.4 is 0 Å². The zero-order valence-corrected chi connectivity index (χ0v) is 9.05. The van der Waals surface area contributed by atoms with E-state index in [0.29, 0.717) is 12.1 Å². The van der Waals surface area contributed by atoms with Crippen molar-refractivity contribution >= 4 is 11.7 Å². The van der Waals surface area contributed by atoms with Crippen LogP contribution in [0.5, 0.6) is 0 Å². The third-order valence-electron chi connectivity index (χ3n) is 2.46. The molecule has 16 heavy (non-hydrogen) atoms. The van der Waals surface area contributed by atoms with Gasteiger partial charge in [0.15, 0.2) is 5.71 Å². The number of oxime groups is 1. The summed E-state index contributed by atoms with van der Waals surface area (Å²) in [7, 11) is 1.34. The third-order valence-corrected chi connectivity index (χ3v) is 2.46. The van der Waals surface area contributed by atoms with E-state index in [1.165, 1.54) is 12.7 Å². The van der Waals surface area contributed by atoms with Gasteiger partial charge in [0, 0.05) is 12.8 Å². The Balaban J connectivity index is 1.90. The molecule has 0 N–H and O–H groups in total. The van der Waals surface area contributed by atoms with E-state index in [2.05, 4.69) is 9.89 Å². The van der Waals surface area contributed by atoms with Crippen molar-refractivity contribution in [3.05, 3.63) is 35.9 Å². The molecule has 1 heterocycles. The molecule has 0 aromatic heterocycles. The molecule has 0 saturated heterocycles. The highest BCUT2D eigenvalue weighted by atomic mass is 16.6. The van der Waals surface area contributed by atoms with Gasteiger partial charge in [-0.15, -0.1) is 0 Å². The van der Waals surface area contributed by atoms with E-state index in [1.807, 2.05) is 30.3 Å². The molecule has 0 spiro atoms. The second-order valence-corrected chi connectivity index (χ2v) is 3.65. The molecule has 84 valence electrons. The Bertz CT molecular complexity index is 400. The molecular weight excluding hydrogens is 206 g/mol. The van der Waals surface area contributed by atoms with E-state index < -0.39 is 5.97 Å². The average Bonchev–Trinajstić information content (AvgIpc) is 2.78. The number of ether oxygens (including phenoxy) is 1. The number of hydrogen-bond donors (Lipinski definition) is 0. The number of nitrogens with zero attached hydrogens (tertiary/aromatic N) is 1. The van der Waals surface area contributed by atoms with Crippen molar-refractivity contribution in [1.29, 1.82) is 0 Å². The molecular formula is C12H13NO3. The maximum atomic E-state index is 11.2. The molecule has 1 aliphatic heterocycles. The third kappa shape index (κ3) is 2.39. The number of methoxy groups -OCH3 is 1. The molecule has 4 nitrogen and oxygen atoms in total. The van der Waals surface area contributed by atoms with Crippen molar-refractivity contribution in [2.24, 2.45) is 5.16 Å². The first kappa shape index (κ1) is 10.7. The van der Waals surface area contributed by atoms with Gasteiger partial charge in [-0.2, -0.15) is 0 Å². The highest BCUT2D eigenvalue weighted by Crippen LogP contribution is 2.16. The van der Waals surface area contributed by atoms with Crippen molar-refractivity contribution in [3.8, 4) is 0 Å². The number of carbonyl (C=O) groups is 1. The van der Waals surface area contributed by atoms with Gasteiger partial charge in [0.2, 0.25) is 0 Å². The first-order valence-corrected chi connectivity index (χ1v) is 5.14. The molecule has 0 saturated carbocycles. The fourth-order valence-corrected chi connectivity index (χ4v) is 1.65. The second-order valence-electron chi connectivity index (χ2n) is 3.65. The van der Waals surface area contributed by atoms with Crippen LogP contribution in [-0.4, -0.2) is 24.9 Å². The Kier molecular flexibility index (Phi) is 3.19. The zero-order chi connectivity index (χ0) is 11.4. The van der Waals surface area contributed by atoms with Gasteiger partial charge in [0.1, 0.15) is 6.10 Å². The molecule has 0 fully saturated rings. The first-order valence-electron chi connectivity index (χ1n) is 5.14. The molecule has 1 unspecified atom stereocenters. The first-order chi connectivity index (χ1) is 7.79. The van der Waals surface area contributed by atoms with Gasteiger partial charge < -0.3 is 9.57 Å². The summed E-state index contributed by atoms with van der Waals surface area (Å²) in [5.74, 6) is -0.407. The highest BCUT2D eigenvalue weighted by Gasteiger charge is 2.26. The smallest absolute Gasteiger partial charge is 0.355 e. The Morgan fingerprint density at radius 2 is 2.25 bits per heavy atom. The molecule has 0 amide bonds. The van der Waals surface area contributed by atoms with Gasteiger partial charge in [-0.25, -0.2) is 4.79 Å². The average molecular weight is 219 g/mol. The van der Waals surface area contributed by atoms with Crippen LogP contribution in [0.4, 0.5) is 0 Å². The van der Waals surface area contributed by atoms with E-state index >= 15 is 0 Å². The molecule has 0 radical (unpaired) electrons. The maximum absolute atomic E-state index is 11.2. The lowest BCUT2D eigenvalue weighted by Gasteiger charge is -2.07. The predicted molar refractivity (Wildman–Crippen MR) is 59.1 cm³/mol. The Morgan fingerprint density at radius 3 is 2.94 bits per heavy atom. The van der Waals surface area contributed by atoms with Gasteiger partial charge >= 0.3 is 5.97 Å². The van der Waals surface area contributed by atoms with Crippen LogP contribution >= 0.6 is 0 Å². The quantitative estimate of drug-likeness (QED) is 0.724. The van der Waals surface area contributed by atoms with E-state index in [-0.39, 0.29) is 6.10 Å². The highest BCUT2D eigenvalue weighted by molar-refractivity contribution is 6.36. The summed E-state index contributed by atoms with van der Waals surface area (Å²) in [6, 6.07) is 9.98. The lowest BCUT2D eigenvalue weighted by Crippen LogP contribution is -2.17. The standard InChI is InChI=1S/C12H13NO3/c1-15-12(14)11-8-10(16-13-11)7-9-5-3-2-4-6-9/h2-6,10H,7-8H2,1H3. The van der Waals surface area contributed by atoms with Crippen LogP contribution in [0.2, 0.25) is 0 Å². The van der Waals surface area contributed by atoms with Crippen molar-refractivity contribution in [3.63, 3.8) is 0 Å². The number of rotatable bonds is 3. The molecule has 0 bridgehead atoms. The van der Waals surface area contributed by atoms with E-state index in [0.717, 1.165) is 6.42 Å². The lowest BCUT2D eigenvalue weighted by molar-refractivity contribution is -0.132. The molecule has 2 rings (SSSR count). The van der Waals surface area contributed by atoms with E-state index in [9.17, 15) is 4.79 Å². The number of carbonyl (C=O) groups excluding carboxylic acids is 1. The van der Waals surface area contributed by atoms with E-state index in [4.69, 9.17) is 4.84 Å². The van der Waals surface area contributed by atoms with Gasteiger partial charge in [0.25, 0.3) is 0 Å². The second kappa shape index (κ2) is 4.79. The summed E-state index contributed by atoms with van der Waals surface area (Å²) < 4.78 is 4.58. The Hall–Kier alpha value is -1.84. The molecule has 4 heteroatoms. The fraction of sp³-hybridized carbons (Fsp3) is 0.333. The van der Waals surface area contributed by atoms with Gasteiger partial charge in [0.05, 0.1) is 7.11 Å². The van der Waals surface area contributed by atoms with E-state index in [1.54, 1.807) is 0 Å². The minimum absolute atomic E-state index is 0.0588. The fourth-order valence-electron chi connectivity index (χ4n) is 1.65. The van der Waals surface area contributed by atoms with Crippen LogP contribution in [-0.2, 0) is 20.8 Å². The lowest BCUT2D eigenvalue weighted by atomic mass is 10.0. The van der Waals surface area contributed by atoms with Gasteiger partial charge in [-0.05, 0) is 5.56 Å². The minimum atomic E-state index is -0.407. The Labute approximate surface area is 93.9 Å². The Morgan fingerprint density at radius 1 is 1.50 bits per heavy atom. The van der Waals surface area contributed by atoms with Crippen molar-refractivity contribution in [1.82, 2.24) is 0 Å². The van der Waals surface area contributed by atoms with Gasteiger partial charge in [-0.3, -0.25) is 0 Å².